The van der Waals surface area contributed by atoms with Crippen molar-refractivity contribution in [3.8, 4) is 0 Å². The molecule has 0 saturated heterocycles. The van der Waals surface area contributed by atoms with Gasteiger partial charge in [0, 0.05) is 27.2 Å². The molecule has 0 saturated carbocycles. The summed E-state index contributed by atoms with van der Waals surface area (Å²) in [4.78, 5) is 6.50. The molecule has 2 rings (SSSR count). The summed E-state index contributed by atoms with van der Waals surface area (Å²) in [5.74, 6) is 0. The van der Waals surface area contributed by atoms with Gasteiger partial charge < -0.3 is 10.2 Å². The molecule has 2 atom stereocenters. The van der Waals surface area contributed by atoms with Crippen molar-refractivity contribution < 1.29 is 0 Å². The third-order valence-corrected chi connectivity index (χ3v) is 5.46. The van der Waals surface area contributed by atoms with Crippen molar-refractivity contribution in [2.75, 3.05) is 20.6 Å². The van der Waals surface area contributed by atoms with E-state index in [-0.39, 0.29) is 0 Å². The SMILES string of the molecule is Cc1ccc(C(C)NCC(c2cccs2)N(C)C)s1. The van der Waals surface area contributed by atoms with Crippen molar-refractivity contribution in [1.82, 2.24) is 10.2 Å². The Bertz CT molecular complexity index is 488. The predicted molar refractivity (Wildman–Crippen MR) is 86.2 cm³/mol. The van der Waals surface area contributed by atoms with E-state index < -0.39 is 0 Å². The summed E-state index contributed by atoms with van der Waals surface area (Å²) in [5, 5.41) is 5.81. The van der Waals surface area contributed by atoms with Gasteiger partial charge >= 0.3 is 0 Å². The summed E-state index contributed by atoms with van der Waals surface area (Å²) in [6.45, 7) is 5.38. The van der Waals surface area contributed by atoms with Crippen LogP contribution in [-0.2, 0) is 0 Å². The lowest BCUT2D eigenvalue weighted by Crippen LogP contribution is -2.31. The van der Waals surface area contributed by atoms with Gasteiger partial charge in [0.15, 0.2) is 0 Å². The van der Waals surface area contributed by atoms with Crippen molar-refractivity contribution >= 4 is 22.7 Å². The normalized spacial score (nSPS) is 14.8. The summed E-state index contributed by atoms with van der Waals surface area (Å²) in [6.07, 6.45) is 0. The molecule has 0 aliphatic carbocycles. The van der Waals surface area contributed by atoms with Gasteiger partial charge in [-0.3, -0.25) is 0 Å². The zero-order valence-electron chi connectivity index (χ0n) is 12.0. The molecule has 0 radical (unpaired) electrons. The van der Waals surface area contributed by atoms with Crippen molar-refractivity contribution in [1.29, 1.82) is 0 Å². The van der Waals surface area contributed by atoms with Gasteiger partial charge in [0.2, 0.25) is 0 Å². The Morgan fingerprint density at radius 2 is 2.00 bits per heavy atom. The van der Waals surface area contributed by atoms with E-state index in [4.69, 9.17) is 0 Å². The lowest BCUT2D eigenvalue weighted by molar-refractivity contribution is 0.286. The molecule has 2 heterocycles. The molecule has 0 spiro atoms. The highest BCUT2D eigenvalue weighted by Crippen LogP contribution is 2.25. The van der Waals surface area contributed by atoms with Crippen molar-refractivity contribution in [3.63, 3.8) is 0 Å². The van der Waals surface area contributed by atoms with Gasteiger partial charge in [-0.2, -0.15) is 0 Å². The maximum Gasteiger partial charge on any atom is 0.0561 e. The Morgan fingerprint density at radius 3 is 2.53 bits per heavy atom. The fraction of sp³-hybridized carbons (Fsp3) is 0.467. The third-order valence-electron chi connectivity index (χ3n) is 3.30. The van der Waals surface area contributed by atoms with Crippen LogP contribution in [0.25, 0.3) is 0 Å². The van der Waals surface area contributed by atoms with Crippen LogP contribution in [0.5, 0.6) is 0 Å². The Hall–Kier alpha value is -0.680. The average Bonchev–Trinajstić information content (AvgIpc) is 3.00. The van der Waals surface area contributed by atoms with Crippen LogP contribution in [0, 0.1) is 6.92 Å². The second-order valence-electron chi connectivity index (χ2n) is 5.07. The third kappa shape index (κ3) is 3.89. The highest BCUT2D eigenvalue weighted by molar-refractivity contribution is 7.12. The lowest BCUT2D eigenvalue weighted by atomic mass is 10.2. The monoisotopic (exact) mass is 294 g/mol. The van der Waals surface area contributed by atoms with E-state index in [9.17, 15) is 0 Å². The first-order valence-corrected chi connectivity index (χ1v) is 8.27. The molecule has 0 aromatic carbocycles. The summed E-state index contributed by atoms with van der Waals surface area (Å²) in [7, 11) is 4.29. The minimum atomic E-state index is 0.418. The van der Waals surface area contributed by atoms with Crippen molar-refractivity contribution in [3.05, 3.63) is 44.3 Å². The molecule has 2 aromatic heterocycles. The molecule has 2 unspecified atom stereocenters. The minimum Gasteiger partial charge on any atom is -0.308 e. The van der Waals surface area contributed by atoms with Crippen LogP contribution in [0.2, 0.25) is 0 Å². The van der Waals surface area contributed by atoms with E-state index in [0.29, 0.717) is 12.1 Å². The smallest absolute Gasteiger partial charge is 0.0561 e. The number of aryl methyl sites for hydroxylation is 1. The van der Waals surface area contributed by atoms with Crippen LogP contribution in [-0.4, -0.2) is 25.5 Å². The van der Waals surface area contributed by atoms with Gasteiger partial charge in [-0.05, 0) is 51.5 Å². The molecule has 0 amide bonds. The molecule has 2 aromatic rings. The van der Waals surface area contributed by atoms with E-state index in [1.54, 1.807) is 0 Å². The van der Waals surface area contributed by atoms with Crippen molar-refractivity contribution in [2.24, 2.45) is 0 Å². The minimum absolute atomic E-state index is 0.418. The molecule has 0 fully saturated rings. The van der Waals surface area contributed by atoms with Crippen LogP contribution in [0.4, 0.5) is 0 Å². The highest BCUT2D eigenvalue weighted by Gasteiger charge is 2.16. The second-order valence-corrected chi connectivity index (χ2v) is 7.37. The molecule has 0 aliphatic rings. The number of nitrogens with one attached hydrogen (secondary N) is 1. The maximum absolute atomic E-state index is 3.66. The van der Waals surface area contributed by atoms with Crippen molar-refractivity contribution in [2.45, 2.75) is 25.9 Å². The lowest BCUT2D eigenvalue weighted by Gasteiger charge is -2.25. The molecule has 1 N–H and O–H groups in total. The number of likely N-dealkylation sites (N-methyl/N-ethyl adjacent to an activating group) is 1. The number of hydrogen-bond acceptors (Lipinski definition) is 4. The number of rotatable bonds is 6. The number of thiophene rings is 2. The van der Waals surface area contributed by atoms with Gasteiger partial charge in [-0.15, -0.1) is 22.7 Å². The molecule has 19 heavy (non-hydrogen) atoms. The summed E-state index contributed by atoms with van der Waals surface area (Å²) >= 11 is 3.71. The van der Waals surface area contributed by atoms with E-state index in [0.717, 1.165) is 6.54 Å². The van der Waals surface area contributed by atoms with Gasteiger partial charge in [0.25, 0.3) is 0 Å². The van der Waals surface area contributed by atoms with Crippen LogP contribution < -0.4 is 5.32 Å². The Balaban J connectivity index is 1.96. The Kier molecular flexibility index (Phi) is 5.16. The van der Waals surface area contributed by atoms with Crippen LogP contribution >= 0.6 is 22.7 Å². The van der Waals surface area contributed by atoms with E-state index in [1.807, 2.05) is 22.7 Å². The summed E-state index contributed by atoms with van der Waals surface area (Å²) in [5.41, 5.74) is 0. The number of hydrogen-bond donors (Lipinski definition) is 1. The quantitative estimate of drug-likeness (QED) is 0.864. The largest absolute Gasteiger partial charge is 0.308 e. The van der Waals surface area contributed by atoms with Gasteiger partial charge in [0.1, 0.15) is 0 Å². The van der Waals surface area contributed by atoms with E-state index in [2.05, 4.69) is 67.8 Å². The molecule has 0 aliphatic heterocycles. The zero-order chi connectivity index (χ0) is 13.8. The Morgan fingerprint density at radius 1 is 1.21 bits per heavy atom. The Labute approximate surface area is 124 Å². The first kappa shape index (κ1) is 14.7. The fourth-order valence-corrected chi connectivity index (χ4v) is 3.92. The summed E-state index contributed by atoms with van der Waals surface area (Å²) in [6, 6.07) is 9.64. The number of nitrogens with zero attached hydrogens (tertiary/aromatic N) is 1. The standard InChI is InChI=1S/C15H22N2S2/c1-11-7-8-14(19-11)12(2)16-10-13(17(3)4)15-6-5-9-18-15/h5-9,12-13,16H,10H2,1-4H3. The van der Waals surface area contributed by atoms with Crippen LogP contribution in [0.15, 0.2) is 29.6 Å². The predicted octanol–water partition coefficient (Wildman–Crippen LogP) is 4.07. The van der Waals surface area contributed by atoms with Crippen LogP contribution in [0.1, 0.15) is 33.6 Å². The second kappa shape index (κ2) is 6.66. The van der Waals surface area contributed by atoms with Gasteiger partial charge in [-0.25, -0.2) is 0 Å². The first-order chi connectivity index (χ1) is 9.08. The van der Waals surface area contributed by atoms with Crippen LogP contribution in [0.3, 0.4) is 0 Å². The van der Waals surface area contributed by atoms with E-state index >= 15 is 0 Å². The van der Waals surface area contributed by atoms with Gasteiger partial charge in [-0.1, -0.05) is 6.07 Å². The van der Waals surface area contributed by atoms with E-state index in [1.165, 1.54) is 14.6 Å². The first-order valence-electron chi connectivity index (χ1n) is 6.57. The molecule has 4 heteroatoms. The topological polar surface area (TPSA) is 15.3 Å². The summed E-state index contributed by atoms with van der Waals surface area (Å²) < 4.78 is 0. The van der Waals surface area contributed by atoms with Gasteiger partial charge in [0.05, 0.1) is 6.04 Å². The zero-order valence-corrected chi connectivity index (χ0v) is 13.6. The molecular weight excluding hydrogens is 272 g/mol. The molecule has 2 nitrogen and oxygen atoms in total. The molecule has 104 valence electrons. The fourth-order valence-electron chi connectivity index (χ4n) is 2.09. The highest BCUT2D eigenvalue weighted by atomic mass is 32.1. The average molecular weight is 294 g/mol. The molecular formula is C15H22N2S2. The maximum atomic E-state index is 3.66. The molecule has 0 bridgehead atoms.